The second kappa shape index (κ2) is 3.58. The lowest BCUT2D eigenvalue weighted by atomic mass is 9.70. The van der Waals surface area contributed by atoms with Gasteiger partial charge < -0.3 is 4.74 Å². The first-order chi connectivity index (χ1) is 9.33. The van der Waals surface area contributed by atoms with E-state index in [1.165, 1.54) is 5.56 Å². The molecular formula is C16H12N2O. The van der Waals surface area contributed by atoms with Crippen LogP contribution in [-0.2, 0) is 10.2 Å². The highest BCUT2D eigenvalue weighted by molar-refractivity contribution is 5.87. The Bertz CT molecular complexity index is 693. The monoisotopic (exact) mass is 248 g/mol. The highest BCUT2D eigenvalue weighted by Crippen LogP contribution is 2.51. The van der Waals surface area contributed by atoms with Gasteiger partial charge >= 0.3 is 0 Å². The molecule has 0 amide bonds. The minimum Gasteiger partial charge on any atom is -0.496 e. The van der Waals surface area contributed by atoms with Crippen LogP contribution in [0.5, 0.6) is 0 Å². The molecule has 3 nitrogen and oxygen atoms in total. The van der Waals surface area contributed by atoms with E-state index in [-0.39, 0.29) is 11.3 Å². The molecule has 2 aliphatic heterocycles. The zero-order valence-corrected chi connectivity index (χ0v) is 10.3. The summed E-state index contributed by atoms with van der Waals surface area (Å²) < 4.78 is 5.86. The van der Waals surface area contributed by atoms with E-state index < -0.39 is 0 Å². The molecular weight excluding hydrogens is 236 g/mol. The molecule has 4 rings (SSSR count). The Labute approximate surface area is 111 Å². The van der Waals surface area contributed by atoms with Crippen LogP contribution in [0.3, 0.4) is 0 Å². The number of rotatable bonds is 0. The molecule has 3 aliphatic rings. The lowest BCUT2D eigenvalue weighted by Crippen LogP contribution is -2.34. The summed E-state index contributed by atoms with van der Waals surface area (Å²) in [5, 5.41) is 8.98. The molecule has 19 heavy (non-hydrogen) atoms. The minimum atomic E-state index is -0.139. The van der Waals surface area contributed by atoms with Crippen LogP contribution in [0.1, 0.15) is 12.0 Å². The summed E-state index contributed by atoms with van der Waals surface area (Å²) >= 11 is 0. The van der Waals surface area contributed by atoms with E-state index in [0.29, 0.717) is 12.2 Å². The van der Waals surface area contributed by atoms with Gasteiger partial charge in [0.2, 0.25) is 0 Å². The number of hydrogen-bond acceptors (Lipinski definition) is 3. The van der Waals surface area contributed by atoms with Crippen LogP contribution in [0.2, 0.25) is 0 Å². The maximum Gasteiger partial charge on any atom is 0.103 e. The van der Waals surface area contributed by atoms with E-state index >= 15 is 0 Å². The fourth-order valence-electron chi connectivity index (χ4n) is 3.29. The molecule has 1 aliphatic carbocycles. The van der Waals surface area contributed by atoms with Crippen molar-refractivity contribution in [2.24, 2.45) is 10.9 Å². The average Bonchev–Trinajstić information content (AvgIpc) is 3.03. The van der Waals surface area contributed by atoms with Gasteiger partial charge in [0.1, 0.15) is 12.4 Å². The molecule has 0 N–H and O–H groups in total. The fraction of sp³-hybridized carbons (Fsp3) is 0.250. The largest absolute Gasteiger partial charge is 0.496 e. The minimum absolute atomic E-state index is 0.139. The molecule has 0 aromatic heterocycles. The van der Waals surface area contributed by atoms with Gasteiger partial charge in [-0.2, -0.15) is 5.26 Å². The van der Waals surface area contributed by atoms with Crippen LogP contribution >= 0.6 is 0 Å². The zero-order chi connectivity index (χ0) is 12.9. The molecule has 1 spiro atoms. The Balaban J connectivity index is 1.82. The van der Waals surface area contributed by atoms with E-state index in [2.05, 4.69) is 23.2 Å². The molecule has 0 radical (unpaired) electrons. The van der Waals surface area contributed by atoms with E-state index in [0.717, 1.165) is 17.9 Å². The summed E-state index contributed by atoms with van der Waals surface area (Å²) in [5.41, 5.74) is 2.85. The van der Waals surface area contributed by atoms with Gasteiger partial charge in [0, 0.05) is 12.1 Å². The van der Waals surface area contributed by atoms with Gasteiger partial charge in [-0.3, -0.25) is 4.99 Å². The Kier molecular flexibility index (Phi) is 1.99. The van der Waals surface area contributed by atoms with Crippen molar-refractivity contribution in [3.63, 3.8) is 0 Å². The van der Waals surface area contributed by atoms with Gasteiger partial charge in [-0.15, -0.1) is 0 Å². The Hall–Kier alpha value is -2.34. The first-order valence-electron chi connectivity index (χ1n) is 6.43. The number of ether oxygens (including phenoxy) is 1. The SMILES string of the molecule is N#CC1=CCC2C(=C1)OCC21C=Nc2ccccc21. The number of aliphatic imine (C=N–C) groups is 1. The Morgan fingerprint density at radius 1 is 1.37 bits per heavy atom. The van der Waals surface area contributed by atoms with Crippen molar-refractivity contribution in [1.82, 2.24) is 0 Å². The van der Waals surface area contributed by atoms with Crippen LogP contribution in [0.4, 0.5) is 5.69 Å². The predicted octanol–water partition coefficient (Wildman–Crippen LogP) is 3.02. The van der Waals surface area contributed by atoms with Gasteiger partial charge in [0.15, 0.2) is 0 Å². The topological polar surface area (TPSA) is 45.4 Å². The Morgan fingerprint density at radius 2 is 2.26 bits per heavy atom. The summed E-state index contributed by atoms with van der Waals surface area (Å²) in [7, 11) is 0. The predicted molar refractivity (Wildman–Crippen MR) is 72.1 cm³/mol. The number of benzene rings is 1. The number of allylic oxidation sites excluding steroid dienone is 4. The maximum atomic E-state index is 8.98. The highest BCUT2D eigenvalue weighted by atomic mass is 16.5. The Morgan fingerprint density at radius 3 is 3.16 bits per heavy atom. The molecule has 2 atom stereocenters. The van der Waals surface area contributed by atoms with Crippen LogP contribution in [0, 0.1) is 17.2 Å². The van der Waals surface area contributed by atoms with Crippen molar-refractivity contribution in [1.29, 1.82) is 5.26 Å². The molecule has 2 heterocycles. The molecule has 0 saturated carbocycles. The number of hydrogen-bond donors (Lipinski definition) is 0. The summed E-state index contributed by atoms with van der Waals surface area (Å²) in [6.45, 7) is 0.622. The molecule has 1 aromatic rings. The second-order valence-electron chi connectivity index (χ2n) is 5.21. The number of nitriles is 1. The van der Waals surface area contributed by atoms with Crippen molar-refractivity contribution < 1.29 is 4.74 Å². The third kappa shape index (κ3) is 1.29. The highest BCUT2D eigenvalue weighted by Gasteiger charge is 2.51. The molecule has 92 valence electrons. The second-order valence-corrected chi connectivity index (χ2v) is 5.21. The van der Waals surface area contributed by atoms with Crippen LogP contribution in [0.15, 0.2) is 52.7 Å². The van der Waals surface area contributed by atoms with Crippen molar-refractivity contribution >= 4 is 11.9 Å². The first kappa shape index (κ1) is 10.6. The van der Waals surface area contributed by atoms with Crippen molar-refractivity contribution in [3.8, 4) is 6.07 Å². The number of nitrogens with zero attached hydrogens (tertiary/aromatic N) is 2. The summed E-state index contributed by atoms with van der Waals surface area (Å²) in [4.78, 5) is 4.55. The van der Waals surface area contributed by atoms with Crippen LogP contribution in [0.25, 0.3) is 0 Å². The molecule has 2 unspecified atom stereocenters. The van der Waals surface area contributed by atoms with Crippen molar-refractivity contribution in [2.45, 2.75) is 11.8 Å². The lowest BCUT2D eigenvalue weighted by molar-refractivity contribution is 0.246. The normalized spacial score (nSPS) is 30.2. The van der Waals surface area contributed by atoms with E-state index in [9.17, 15) is 0 Å². The molecule has 1 saturated heterocycles. The molecule has 0 bridgehead atoms. The lowest BCUT2D eigenvalue weighted by Gasteiger charge is -2.27. The summed E-state index contributed by atoms with van der Waals surface area (Å²) in [6, 6.07) is 10.4. The van der Waals surface area contributed by atoms with Crippen molar-refractivity contribution in [3.05, 3.63) is 53.3 Å². The van der Waals surface area contributed by atoms with Gasteiger partial charge in [0.05, 0.1) is 22.7 Å². The third-order valence-corrected chi connectivity index (χ3v) is 4.28. The fourth-order valence-corrected chi connectivity index (χ4v) is 3.29. The van der Waals surface area contributed by atoms with Crippen molar-refractivity contribution in [2.75, 3.05) is 6.61 Å². The zero-order valence-electron chi connectivity index (χ0n) is 10.3. The quantitative estimate of drug-likeness (QED) is 0.708. The van der Waals surface area contributed by atoms with Gasteiger partial charge in [-0.25, -0.2) is 0 Å². The third-order valence-electron chi connectivity index (χ3n) is 4.28. The number of para-hydroxylation sites is 1. The van der Waals surface area contributed by atoms with E-state index in [4.69, 9.17) is 10.00 Å². The molecule has 3 heteroatoms. The van der Waals surface area contributed by atoms with Crippen LogP contribution in [-0.4, -0.2) is 12.8 Å². The van der Waals surface area contributed by atoms with Gasteiger partial charge in [0.25, 0.3) is 0 Å². The average molecular weight is 248 g/mol. The van der Waals surface area contributed by atoms with E-state index in [1.54, 1.807) is 0 Å². The first-order valence-corrected chi connectivity index (χ1v) is 6.43. The smallest absolute Gasteiger partial charge is 0.103 e. The van der Waals surface area contributed by atoms with Gasteiger partial charge in [-0.05, 0) is 24.1 Å². The van der Waals surface area contributed by atoms with Gasteiger partial charge in [-0.1, -0.05) is 24.3 Å². The maximum absolute atomic E-state index is 8.98. The summed E-state index contributed by atoms with van der Waals surface area (Å²) in [6.07, 6.45) is 6.75. The number of fused-ring (bicyclic) bond motifs is 4. The standard InChI is InChI=1S/C16H12N2O/c17-8-11-5-6-13-15(7-11)19-10-16(13)9-18-14-4-2-1-3-12(14)16/h1-5,7,9,13H,6,10H2. The molecule has 1 aromatic carbocycles. The molecule has 1 fully saturated rings. The van der Waals surface area contributed by atoms with E-state index in [1.807, 2.05) is 30.5 Å². The van der Waals surface area contributed by atoms with Crippen LogP contribution < -0.4 is 0 Å². The summed E-state index contributed by atoms with van der Waals surface area (Å²) in [5.74, 6) is 1.21.